The van der Waals surface area contributed by atoms with Gasteiger partial charge in [0, 0.05) is 12.7 Å². The molecule has 0 radical (unpaired) electrons. The summed E-state index contributed by atoms with van der Waals surface area (Å²) in [5, 5.41) is 10.4. The number of benzene rings is 1. The zero-order valence-electron chi connectivity index (χ0n) is 11.5. The minimum absolute atomic E-state index is 0.273. The van der Waals surface area contributed by atoms with E-state index in [1.54, 1.807) is 29.1 Å². The lowest BCUT2D eigenvalue weighted by Crippen LogP contribution is -2.26. The average molecular weight is 275 g/mol. The number of hydrogen-bond donors (Lipinski definition) is 2. The molecule has 2 rings (SSSR count). The quantitative estimate of drug-likeness (QED) is 0.784. The maximum atomic E-state index is 12.2. The van der Waals surface area contributed by atoms with Crippen molar-refractivity contribution in [3.63, 3.8) is 0 Å². The van der Waals surface area contributed by atoms with Gasteiger partial charge in [0.15, 0.2) is 5.82 Å². The van der Waals surface area contributed by atoms with E-state index in [0.29, 0.717) is 29.4 Å². The smallest absolute Gasteiger partial charge is 0.257 e. The van der Waals surface area contributed by atoms with Crippen molar-refractivity contribution in [3.8, 4) is 5.75 Å². The molecule has 1 heterocycles. The highest BCUT2D eigenvalue weighted by molar-refractivity contribution is 6.01. The SMILES string of the molecule is CCOc1cccc(N)c1C(=O)NCc1nncn1C. The van der Waals surface area contributed by atoms with Crippen LogP contribution in [-0.2, 0) is 13.6 Å². The lowest BCUT2D eigenvalue weighted by Gasteiger charge is -2.12. The monoisotopic (exact) mass is 275 g/mol. The molecule has 0 unspecified atom stereocenters. The van der Waals surface area contributed by atoms with Gasteiger partial charge in [-0.25, -0.2) is 0 Å². The van der Waals surface area contributed by atoms with Gasteiger partial charge in [0.25, 0.3) is 5.91 Å². The molecule has 1 aromatic heterocycles. The first-order chi connectivity index (χ1) is 9.63. The number of ether oxygens (including phenoxy) is 1. The van der Waals surface area contributed by atoms with E-state index in [2.05, 4.69) is 15.5 Å². The lowest BCUT2D eigenvalue weighted by atomic mass is 10.1. The highest BCUT2D eigenvalue weighted by Gasteiger charge is 2.16. The fourth-order valence-corrected chi connectivity index (χ4v) is 1.78. The topological polar surface area (TPSA) is 95.1 Å². The van der Waals surface area contributed by atoms with E-state index in [1.165, 1.54) is 0 Å². The van der Waals surface area contributed by atoms with Crippen LogP contribution in [0.3, 0.4) is 0 Å². The Morgan fingerprint density at radius 3 is 2.95 bits per heavy atom. The normalized spacial score (nSPS) is 10.3. The summed E-state index contributed by atoms with van der Waals surface area (Å²) in [6.07, 6.45) is 1.57. The molecule has 0 aliphatic heterocycles. The number of amides is 1. The number of nitrogens with two attached hydrogens (primary N) is 1. The predicted molar refractivity (Wildman–Crippen MR) is 74.2 cm³/mol. The second-order valence-corrected chi connectivity index (χ2v) is 4.19. The number of nitrogens with zero attached hydrogens (tertiary/aromatic N) is 3. The Labute approximate surface area is 116 Å². The molecule has 0 aliphatic carbocycles. The van der Waals surface area contributed by atoms with E-state index < -0.39 is 0 Å². The minimum Gasteiger partial charge on any atom is -0.493 e. The predicted octanol–water partition coefficient (Wildman–Crippen LogP) is 0.726. The molecule has 0 spiro atoms. The van der Waals surface area contributed by atoms with E-state index in [1.807, 2.05) is 14.0 Å². The molecular weight excluding hydrogens is 258 g/mol. The van der Waals surface area contributed by atoms with Crippen LogP contribution in [0.2, 0.25) is 0 Å². The summed E-state index contributed by atoms with van der Waals surface area (Å²) in [6, 6.07) is 5.14. The van der Waals surface area contributed by atoms with Gasteiger partial charge in [0.2, 0.25) is 0 Å². The molecule has 7 nitrogen and oxygen atoms in total. The molecule has 2 aromatic rings. The fraction of sp³-hybridized carbons (Fsp3) is 0.308. The Morgan fingerprint density at radius 2 is 2.30 bits per heavy atom. The number of carbonyl (C=O) groups excluding carboxylic acids is 1. The third-order valence-electron chi connectivity index (χ3n) is 2.80. The lowest BCUT2D eigenvalue weighted by molar-refractivity contribution is 0.0946. The third-order valence-corrected chi connectivity index (χ3v) is 2.80. The van der Waals surface area contributed by atoms with Gasteiger partial charge in [-0.2, -0.15) is 0 Å². The van der Waals surface area contributed by atoms with Crippen molar-refractivity contribution in [2.75, 3.05) is 12.3 Å². The van der Waals surface area contributed by atoms with E-state index in [9.17, 15) is 4.79 Å². The van der Waals surface area contributed by atoms with Gasteiger partial charge < -0.3 is 20.4 Å². The van der Waals surface area contributed by atoms with Gasteiger partial charge in [-0.15, -0.1) is 10.2 Å². The second kappa shape index (κ2) is 6.05. The molecule has 0 atom stereocenters. The Kier molecular flexibility index (Phi) is 4.19. The van der Waals surface area contributed by atoms with Gasteiger partial charge in [-0.1, -0.05) is 6.07 Å². The number of hydrogen-bond acceptors (Lipinski definition) is 5. The molecular formula is C13H17N5O2. The van der Waals surface area contributed by atoms with Crippen LogP contribution in [-0.4, -0.2) is 27.3 Å². The van der Waals surface area contributed by atoms with Crippen molar-refractivity contribution in [2.24, 2.45) is 7.05 Å². The molecule has 1 aromatic carbocycles. The first kappa shape index (κ1) is 13.9. The van der Waals surface area contributed by atoms with Crippen LogP contribution in [0.5, 0.6) is 5.75 Å². The van der Waals surface area contributed by atoms with E-state index in [0.717, 1.165) is 0 Å². The fourth-order valence-electron chi connectivity index (χ4n) is 1.78. The Balaban J connectivity index is 2.15. The first-order valence-corrected chi connectivity index (χ1v) is 6.25. The van der Waals surface area contributed by atoms with Crippen LogP contribution >= 0.6 is 0 Å². The largest absolute Gasteiger partial charge is 0.493 e. The van der Waals surface area contributed by atoms with Crippen LogP contribution in [0.15, 0.2) is 24.5 Å². The van der Waals surface area contributed by atoms with Crippen LogP contribution in [0.25, 0.3) is 0 Å². The molecule has 0 aliphatic rings. The third kappa shape index (κ3) is 2.87. The van der Waals surface area contributed by atoms with Crippen molar-refractivity contribution in [1.82, 2.24) is 20.1 Å². The number of carbonyl (C=O) groups is 1. The molecule has 0 fully saturated rings. The summed E-state index contributed by atoms with van der Waals surface area (Å²) >= 11 is 0. The maximum Gasteiger partial charge on any atom is 0.257 e. The highest BCUT2D eigenvalue weighted by Crippen LogP contribution is 2.24. The number of aryl methyl sites for hydroxylation is 1. The summed E-state index contributed by atoms with van der Waals surface area (Å²) in [6.45, 7) is 2.59. The molecule has 0 bridgehead atoms. The first-order valence-electron chi connectivity index (χ1n) is 6.25. The number of nitrogen functional groups attached to an aromatic ring is 1. The Hall–Kier alpha value is -2.57. The van der Waals surface area contributed by atoms with Crippen LogP contribution in [0.1, 0.15) is 23.1 Å². The van der Waals surface area contributed by atoms with Gasteiger partial charge in [-0.05, 0) is 19.1 Å². The summed E-state index contributed by atoms with van der Waals surface area (Å²) < 4.78 is 7.16. The van der Waals surface area contributed by atoms with Crippen molar-refractivity contribution >= 4 is 11.6 Å². The summed E-state index contributed by atoms with van der Waals surface area (Å²) in [7, 11) is 1.81. The van der Waals surface area contributed by atoms with E-state index >= 15 is 0 Å². The Morgan fingerprint density at radius 1 is 1.50 bits per heavy atom. The van der Waals surface area contributed by atoms with Crippen molar-refractivity contribution in [3.05, 3.63) is 35.9 Å². The molecule has 0 saturated heterocycles. The molecule has 0 saturated carbocycles. The van der Waals surface area contributed by atoms with E-state index in [4.69, 9.17) is 10.5 Å². The van der Waals surface area contributed by atoms with Crippen LogP contribution in [0, 0.1) is 0 Å². The number of aromatic nitrogens is 3. The van der Waals surface area contributed by atoms with Crippen LogP contribution in [0.4, 0.5) is 5.69 Å². The molecule has 1 amide bonds. The zero-order chi connectivity index (χ0) is 14.5. The van der Waals surface area contributed by atoms with Gasteiger partial charge in [0.05, 0.1) is 13.2 Å². The summed E-state index contributed by atoms with van der Waals surface area (Å²) in [5.41, 5.74) is 6.58. The molecule has 106 valence electrons. The molecule has 20 heavy (non-hydrogen) atoms. The van der Waals surface area contributed by atoms with Crippen molar-refractivity contribution < 1.29 is 9.53 Å². The molecule has 3 N–H and O–H groups in total. The minimum atomic E-state index is -0.297. The summed E-state index contributed by atoms with van der Waals surface area (Å²) in [5.74, 6) is 0.836. The van der Waals surface area contributed by atoms with Gasteiger partial charge in [-0.3, -0.25) is 4.79 Å². The van der Waals surface area contributed by atoms with Crippen LogP contribution < -0.4 is 15.8 Å². The molecule has 7 heteroatoms. The number of rotatable bonds is 5. The summed E-state index contributed by atoms with van der Waals surface area (Å²) in [4.78, 5) is 12.2. The van der Waals surface area contributed by atoms with E-state index in [-0.39, 0.29) is 12.5 Å². The Bertz CT molecular complexity index is 609. The number of nitrogens with one attached hydrogen (secondary N) is 1. The van der Waals surface area contributed by atoms with Crippen molar-refractivity contribution in [1.29, 1.82) is 0 Å². The van der Waals surface area contributed by atoms with Crippen molar-refractivity contribution in [2.45, 2.75) is 13.5 Å². The standard InChI is InChI=1S/C13H17N5O2/c1-3-20-10-6-4-5-9(14)12(10)13(19)15-7-11-17-16-8-18(11)2/h4-6,8H,3,7,14H2,1-2H3,(H,15,19). The average Bonchev–Trinajstić information content (AvgIpc) is 2.82. The maximum absolute atomic E-state index is 12.2. The second-order valence-electron chi connectivity index (χ2n) is 4.19. The number of anilines is 1. The van der Waals surface area contributed by atoms with Gasteiger partial charge in [0.1, 0.15) is 17.6 Å². The van der Waals surface area contributed by atoms with Gasteiger partial charge >= 0.3 is 0 Å². The zero-order valence-corrected chi connectivity index (χ0v) is 11.5. The highest BCUT2D eigenvalue weighted by atomic mass is 16.5.